The van der Waals surface area contributed by atoms with E-state index in [0.29, 0.717) is 5.92 Å². The summed E-state index contributed by atoms with van der Waals surface area (Å²) in [5.74, 6) is 1.44. The molecule has 0 nitrogen and oxygen atoms in total. The molecule has 0 heteroatoms. The number of hydrogen-bond acceptors (Lipinski definition) is 0. The summed E-state index contributed by atoms with van der Waals surface area (Å²) in [5, 5.41) is 0. The summed E-state index contributed by atoms with van der Waals surface area (Å²) >= 11 is 0. The van der Waals surface area contributed by atoms with Gasteiger partial charge in [0.05, 0.1) is 0 Å². The highest BCUT2D eigenvalue weighted by Crippen LogP contribution is 2.40. The minimum atomic E-state index is 0.441. The van der Waals surface area contributed by atoms with Gasteiger partial charge in [-0.05, 0) is 71.4 Å². The van der Waals surface area contributed by atoms with Gasteiger partial charge in [0.15, 0.2) is 0 Å². The van der Waals surface area contributed by atoms with Gasteiger partial charge in [0.2, 0.25) is 0 Å². The van der Waals surface area contributed by atoms with Crippen LogP contribution in [-0.2, 0) is 12.8 Å². The molecule has 0 aliphatic heterocycles. The maximum atomic E-state index is 2.40. The molecule has 1 saturated carbocycles. The summed E-state index contributed by atoms with van der Waals surface area (Å²) in [6, 6.07) is 9.41. The van der Waals surface area contributed by atoms with E-state index < -0.39 is 0 Å². The van der Waals surface area contributed by atoms with Gasteiger partial charge in [-0.15, -0.1) is 0 Å². The molecule has 1 atom stereocenters. The Labute approximate surface area is 169 Å². The van der Waals surface area contributed by atoms with Crippen LogP contribution in [0.25, 0.3) is 0 Å². The van der Waals surface area contributed by atoms with Crippen molar-refractivity contribution in [2.75, 3.05) is 0 Å². The van der Waals surface area contributed by atoms with E-state index >= 15 is 0 Å². The monoisotopic (exact) mass is 366 g/mol. The van der Waals surface area contributed by atoms with Crippen LogP contribution in [0.1, 0.15) is 49.7 Å². The number of allylic oxidation sites excluding steroid dienone is 12. The summed E-state index contributed by atoms with van der Waals surface area (Å²) in [6.45, 7) is 0. The second-order valence-corrected chi connectivity index (χ2v) is 8.77. The van der Waals surface area contributed by atoms with Gasteiger partial charge in [0, 0.05) is 5.92 Å². The molecule has 142 valence electrons. The zero-order valence-corrected chi connectivity index (χ0v) is 16.7. The molecule has 0 radical (unpaired) electrons. The van der Waals surface area contributed by atoms with Crippen LogP contribution in [-0.4, -0.2) is 0 Å². The predicted molar refractivity (Wildman–Crippen MR) is 119 cm³/mol. The lowest BCUT2D eigenvalue weighted by Gasteiger charge is -2.26. The average Bonchev–Trinajstić information content (AvgIpc) is 3.19. The molecule has 1 fully saturated rings. The normalized spacial score (nSPS) is 23.5. The Hall–Kier alpha value is -2.34. The first-order valence-electron chi connectivity index (χ1n) is 11.1. The van der Waals surface area contributed by atoms with Gasteiger partial charge in [-0.2, -0.15) is 0 Å². The number of rotatable bonds is 6. The molecular weight excluding hydrogens is 336 g/mol. The highest BCUT2D eigenvalue weighted by Gasteiger charge is 2.26. The molecule has 0 bridgehead atoms. The molecule has 1 unspecified atom stereocenters. The third-order valence-electron chi connectivity index (χ3n) is 6.90. The maximum Gasteiger partial charge on any atom is 0.0281 e. The Morgan fingerprint density at radius 3 is 2.46 bits per heavy atom. The van der Waals surface area contributed by atoms with E-state index in [1.165, 1.54) is 78.4 Å². The van der Waals surface area contributed by atoms with Gasteiger partial charge in [-0.1, -0.05) is 92.1 Å². The van der Waals surface area contributed by atoms with Crippen LogP contribution in [0.15, 0.2) is 95.2 Å². The minimum absolute atomic E-state index is 0.441. The van der Waals surface area contributed by atoms with Gasteiger partial charge in [-0.25, -0.2) is 0 Å². The zero-order valence-electron chi connectivity index (χ0n) is 16.7. The Morgan fingerprint density at radius 1 is 0.857 bits per heavy atom. The molecule has 1 aromatic carbocycles. The van der Waals surface area contributed by atoms with Crippen molar-refractivity contribution in [2.45, 2.75) is 51.4 Å². The van der Waals surface area contributed by atoms with E-state index in [4.69, 9.17) is 0 Å². The first kappa shape index (κ1) is 17.7. The zero-order chi connectivity index (χ0) is 18.8. The summed E-state index contributed by atoms with van der Waals surface area (Å²) in [4.78, 5) is 0. The molecule has 4 aliphatic carbocycles. The summed E-state index contributed by atoms with van der Waals surface area (Å²) < 4.78 is 0. The van der Waals surface area contributed by atoms with Crippen molar-refractivity contribution in [3.8, 4) is 0 Å². The standard InChI is InChI=1S/C28H30/c1-2-8-24(9-3-1)27-19-18-25(26-10-5-11-28(26)27)20-23-16-14-22(15-17-23)13-12-21-6-4-7-21/h2,5,8-11,14-19,21,28H,1,3-4,6-7,12-13,20H2. The third kappa shape index (κ3) is 3.65. The molecule has 0 saturated heterocycles. The highest BCUT2D eigenvalue weighted by atomic mass is 14.3. The van der Waals surface area contributed by atoms with Crippen LogP contribution in [0, 0.1) is 11.8 Å². The molecule has 0 N–H and O–H groups in total. The molecule has 0 amide bonds. The SMILES string of the molecule is C1=CC2C(C3=CCCC=C3)=CC=C(Cc3ccc(CCC4CCC4)cc3)C2=C1. The second-order valence-electron chi connectivity index (χ2n) is 8.77. The fourth-order valence-electron chi connectivity index (χ4n) is 4.91. The molecule has 28 heavy (non-hydrogen) atoms. The van der Waals surface area contributed by atoms with E-state index in [1.54, 1.807) is 0 Å². The van der Waals surface area contributed by atoms with Crippen LogP contribution in [0.5, 0.6) is 0 Å². The van der Waals surface area contributed by atoms with Gasteiger partial charge in [-0.3, -0.25) is 0 Å². The molecule has 0 aromatic heterocycles. The Bertz CT molecular complexity index is 907. The molecular formula is C28H30. The lowest BCUT2D eigenvalue weighted by atomic mass is 9.78. The van der Waals surface area contributed by atoms with Crippen LogP contribution < -0.4 is 0 Å². The Balaban J connectivity index is 1.29. The lowest BCUT2D eigenvalue weighted by Crippen LogP contribution is -2.12. The first-order valence-corrected chi connectivity index (χ1v) is 11.1. The molecule has 1 aromatic rings. The highest BCUT2D eigenvalue weighted by molar-refractivity contribution is 5.60. The van der Waals surface area contributed by atoms with Crippen molar-refractivity contribution < 1.29 is 0 Å². The van der Waals surface area contributed by atoms with Crippen molar-refractivity contribution in [3.05, 3.63) is 106 Å². The van der Waals surface area contributed by atoms with Crippen molar-refractivity contribution in [2.24, 2.45) is 11.8 Å². The number of benzene rings is 1. The maximum absolute atomic E-state index is 2.40. The van der Waals surface area contributed by atoms with Crippen LogP contribution in [0.3, 0.4) is 0 Å². The van der Waals surface area contributed by atoms with Gasteiger partial charge >= 0.3 is 0 Å². The summed E-state index contributed by atoms with van der Waals surface area (Å²) in [5.41, 5.74) is 8.78. The quantitative estimate of drug-likeness (QED) is 0.498. The van der Waals surface area contributed by atoms with Gasteiger partial charge in [0.25, 0.3) is 0 Å². The Kier molecular flexibility index (Phi) is 5.04. The van der Waals surface area contributed by atoms with Gasteiger partial charge < -0.3 is 0 Å². The lowest BCUT2D eigenvalue weighted by molar-refractivity contribution is 0.296. The van der Waals surface area contributed by atoms with E-state index in [-0.39, 0.29) is 0 Å². The van der Waals surface area contributed by atoms with Crippen molar-refractivity contribution in [1.29, 1.82) is 0 Å². The number of fused-ring (bicyclic) bond motifs is 1. The second kappa shape index (κ2) is 7.95. The fourth-order valence-corrected chi connectivity index (χ4v) is 4.91. The van der Waals surface area contributed by atoms with E-state index in [9.17, 15) is 0 Å². The van der Waals surface area contributed by atoms with Gasteiger partial charge in [0.1, 0.15) is 0 Å². The largest absolute Gasteiger partial charge is 0.0836 e. The van der Waals surface area contributed by atoms with Crippen molar-refractivity contribution in [3.63, 3.8) is 0 Å². The number of aryl methyl sites for hydroxylation is 1. The van der Waals surface area contributed by atoms with E-state index in [0.717, 1.165) is 12.3 Å². The van der Waals surface area contributed by atoms with Crippen LogP contribution in [0.2, 0.25) is 0 Å². The molecule has 0 spiro atoms. The van der Waals surface area contributed by atoms with E-state index in [2.05, 4.69) is 72.9 Å². The minimum Gasteiger partial charge on any atom is -0.0836 e. The third-order valence-corrected chi connectivity index (χ3v) is 6.90. The van der Waals surface area contributed by atoms with E-state index in [1.807, 2.05) is 0 Å². The topological polar surface area (TPSA) is 0 Å². The van der Waals surface area contributed by atoms with Crippen molar-refractivity contribution >= 4 is 0 Å². The Morgan fingerprint density at radius 2 is 1.71 bits per heavy atom. The van der Waals surface area contributed by atoms with Crippen LogP contribution >= 0.6 is 0 Å². The summed E-state index contributed by atoms with van der Waals surface area (Å²) in [7, 11) is 0. The fraction of sp³-hybridized carbons (Fsp3) is 0.357. The number of hydrogen-bond donors (Lipinski definition) is 0. The molecule has 4 aliphatic rings. The predicted octanol–water partition coefficient (Wildman–Crippen LogP) is 7.22. The smallest absolute Gasteiger partial charge is 0.0281 e. The summed E-state index contributed by atoms with van der Waals surface area (Å²) in [6.07, 6.45) is 29.0. The first-order chi connectivity index (χ1) is 13.9. The average molecular weight is 367 g/mol. The van der Waals surface area contributed by atoms with Crippen molar-refractivity contribution in [1.82, 2.24) is 0 Å². The molecule has 5 rings (SSSR count). The van der Waals surface area contributed by atoms with Crippen LogP contribution in [0.4, 0.5) is 0 Å². The molecule has 0 heterocycles.